The molecule has 0 heterocycles. The minimum absolute atomic E-state index is 0.896. The van der Waals surface area contributed by atoms with Gasteiger partial charge >= 0.3 is 0 Å². The van der Waals surface area contributed by atoms with Gasteiger partial charge in [0.1, 0.15) is 0 Å². The molecule has 0 saturated heterocycles. The maximum absolute atomic E-state index is 2.89. The summed E-state index contributed by atoms with van der Waals surface area (Å²) in [6, 6.07) is 0. The summed E-state index contributed by atoms with van der Waals surface area (Å²) in [7, 11) is 5.78. The van der Waals surface area contributed by atoms with Crippen molar-refractivity contribution in [3.05, 3.63) is 0 Å². The third kappa shape index (κ3) is 5.34. The second kappa shape index (κ2) is 8.19. The molecule has 0 aliphatic rings. The second-order valence-electron chi connectivity index (χ2n) is 4.13. The lowest BCUT2D eigenvalue weighted by Crippen LogP contribution is -2.16. The first-order valence-corrected chi connectivity index (χ1v) is 7.22. The Morgan fingerprint density at radius 1 is 1.00 bits per heavy atom. The highest BCUT2D eigenvalue weighted by Crippen LogP contribution is 2.26. The van der Waals surface area contributed by atoms with Crippen LogP contribution in [0, 0.1) is 17.8 Å². The third-order valence-electron chi connectivity index (χ3n) is 3.25. The molecule has 80 valence electrons. The largest absolute Gasteiger partial charge is 0.137 e. The summed E-state index contributed by atoms with van der Waals surface area (Å²) in [5, 5.41) is 0. The van der Waals surface area contributed by atoms with E-state index >= 15 is 0 Å². The third-order valence-corrected chi connectivity index (χ3v) is 4.52. The quantitative estimate of drug-likeness (QED) is 0.572. The van der Waals surface area contributed by atoms with E-state index < -0.39 is 0 Å². The summed E-state index contributed by atoms with van der Waals surface area (Å²) < 4.78 is 0. The monoisotopic (exact) mass is 220 g/mol. The Morgan fingerprint density at radius 2 is 1.62 bits per heavy atom. The van der Waals surface area contributed by atoms with Gasteiger partial charge in [0, 0.05) is 0 Å². The zero-order chi connectivity index (χ0) is 10.3. The summed E-state index contributed by atoms with van der Waals surface area (Å²) in [5.41, 5.74) is 0. The molecule has 0 aromatic carbocycles. The molecule has 13 heavy (non-hydrogen) atoms. The fraction of sp³-hybridized carbons (Fsp3) is 1.00. The Bertz CT molecular complexity index is 107. The zero-order valence-corrected chi connectivity index (χ0v) is 11.7. The van der Waals surface area contributed by atoms with Crippen LogP contribution in [-0.2, 0) is 0 Å². The molecule has 0 aliphatic carbocycles. The van der Waals surface area contributed by atoms with Gasteiger partial charge in [0.25, 0.3) is 0 Å². The standard InChI is InChI=1S/C11H26P2/c1-4-10(7-12)6-9(3)11(5-2)8-13/h9-11H,4-8,12-13H2,1-3H3. The normalized spacial score (nSPS) is 18.2. The van der Waals surface area contributed by atoms with Crippen LogP contribution in [0.25, 0.3) is 0 Å². The molecule has 0 rings (SSSR count). The van der Waals surface area contributed by atoms with Gasteiger partial charge in [-0.3, -0.25) is 0 Å². The van der Waals surface area contributed by atoms with E-state index in [0.717, 1.165) is 17.8 Å². The van der Waals surface area contributed by atoms with Crippen LogP contribution >= 0.6 is 18.5 Å². The maximum Gasteiger partial charge on any atom is -0.0350 e. The molecule has 0 fully saturated rings. The molecule has 0 aliphatic heterocycles. The van der Waals surface area contributed by atoms with Crippen LogP contribution in [0.2, 0.25) is 0 Å². The first kappa shape index (κ1) is 13.9. The van der Waals surface area contributed by atoms with Gasteiger partial charge in [-0.2, -0.15) is 0 Å². The summed E-state index contributed by atoms with van der Waals surface area (Å²) in [6.45, 7) is 7.04. The molecule has 0 radical (unpaired) electrons. The molecule has 0 aromatic rings. The van der Waals surface area contributed by atoms with Crippen molar-refractivity contribution in [1.29, 1.82) is 0 Å². The van der Waals surface area contributed by atoms with Crippen LogP contribution in [0.1, 0.15) is 40.0 Å². The first-order chi connectivity index (χ1) is 6.19. The van der Waals surface area contributed by atoms with Crippen molar-refractivity contribution in [3.8, 4) is 0 Å². The van der Waals surface area contributed by atoms with E-state index in [1.54, 1.807) is 0 Å². The van der Waals surface area contributed by atoms with Gasteiger partial charge in [0.05, 0.1) is 0 Å². The van der Waals surface area contributed by atoms with Gasteiger partial charge in [0.2, 0.25) is 0 Å². The minimum atomic E-state index is 0.896. The van der Waals surface area contributed by atoms with Crippen molar-refractivity contribution in [2.24, 2.45) is 17.8 Å². The van der Waals surface area contributed by atoms with E-state index in [9.17, 15) is 0 Å². The van der Waals surface area contributed by atoms with E-state index in [-0.39, 0.29) is 0 Å². The van der Waals surface area contributed by atoms with Gasteiger partial charge in [-0.25, -0.2) is 0 Å². The molecule has 0 aromatic heterocycles. The number of hydrogen-bond acceptors (Lipinski definition) is 0. The molecule has 2 heteroatoms. The number of hydrogen-bond donors (Lipinski definition) is 0. The molecule has 0 saturated carbocycles. The summed E-state index contributed by atoms with van der Waals surface area (Å²) >= 11 is 0. The average molecular weight is 220 g/mol. The molecule has 0 N–H and O–H groups in total. The summed E-state index contributed by atoms with van der Waals surface area (Å²) in [5.74, 6) is 2.73. The molecule has 0 nitrogen and oxygen atoms in total. The topological polar surface area (TPSA) is 0 Å². The molecule has 0 bridgehead atoms. The lowest BCUT2D eigenvalue weighted by Gasteiger charge is -2.24. The van der Waals surface area contributed by atoms with Crippen LogP contribution in [0.4, 0.5) is 0 Å². The minimum Gasteiger partial charge on any atom is -0.137 e. The Hall–Kier alpha value is 0.860. The second-order valence-corrected chi connectivity index (χ2v) is 5.07. The average Bonchev–Trinajstić information content (AvgIpc) is 2.16. The first-order valence-electron chi connectivity index (χ1n) is 5.59. The van der Waals surface area contributed by atoms with Crippen LogP contribution in [0.3, 0.4) is 0 Å². The van der Waals surface area contributed by atoms with Crippen molar-refractivity contribution in [2.75, 3.05) is 12.3 Å². The van der Waals surface area contributed by atoms with Crippen LogP contribution in [0.5, 0.6) is 0 Å². The Morgan fingerprint density at radius 3 is 1.92 bits per heavy atom. The Balaban J connectivity index is 3.87. The fourth-order valence-electron chi connectivity index (χ4n) is 1.95. The smallest absolute Gasteiger partial charge is 0.0350 e. The van der Waals surface area contributed by atoms with Gasteiger partial charge in [0.15, 0.2) is 0 Å². The zero-order valence-electron chi connectivity index (χ0n) is 9.42. The van der Waals surface area contributed by atoms with E-state index in [0.29, 0.717) is 0 Å². The van der Waals surface area contributed by atoms with Gasteiger partial charge in [-0.1, -0.05) is 33.6 Å². The predicted octanol–water partition coefficient (Wildman–Crippen LogP) is 3.82. The molecule has 0 amide bonds. The SMILES string of the molecule is CCC(CP)CC(C)C(CC)CP. The van der Waals surface area contributed by atoms with Crippen LogP contribution in [0.15, 0.2) is 0 Å². The van der Waals surface area contributed by atoms with Crippen molar-refractivity contribution < 1.29 is 0 Å². The van der Waals surface area contributed by atoms with Crippen LogP contribution < -0.4 is 0 Å². The molecular formula is C11H26P2. The summed E-state index contributed by atoms with van der Waals surface area (Å²) in [4.78, 5) is 0. The van der Waals surface area contributed by atoms with Gasteiger partial charge in [-0.15, -0.1) is 18.5 Å². The Labute approximate surface area is 89.0 Å². The van der Waals surface area contributed by atoms with Crippen LogP contribution in [-0.4, -0.2) is 12.3 Å². The van der Waals surface area contributed by atoms with Crippen molar-refractivity contribution in [1.82, 2.24) is 0 Å². The van der Waals surface area contributed by atoms with Crippen molar-refractivity contribution in [3.63, 3.8) is 0 Å². The van der Waals surface area contributed by atoms with Gasteiger partial charge < -0.3 is 0 Å². The lowest BCUT2D eigenvalue weighted by atomic mass is 9.85. The molecule has 5 unspecified atom stereocenters. The maximum atomic E-state index is 2.89. The molecule has 0 spiro atoms. The summed E-state index contributed by atoms with van der Waals surface area (Å²) in [6.07, 6.45) is 6.62. The predicted molar refractivity (Wildman–Crippen MR) is 70.5 cm³/mol. The molecular weight excluding hydrogens is 194 g/mol. The van der Waals surface area contributed by atoms with E-state index in [2.05, 4.69) is 39.3 Å². The van der Waals surface area contributed by atoms with E-state index in [4.69, 9.17) is 0 Å². The Kier molecular flexibility index (Phi) is 8.73. The lowest BCUT2D eigenvalue weighted by molar-refractivity contribution is 0.309. The van der Waals surface area contributed by atoms with E-state index in [1.807, 2.05) is 0 Å². The van der Waals surface area contributed by atoms with Gasteiger partial charge in [-0.05, 0) is 36.5 Å². The highest BCUT2D eigenvalue weighted by Gasteiger charge is 2.16. The van der Waals surface area contributed by atoms with Crippen molar-refractivity contribution in [2.45, 2.75) is 40.0 Å². The highest BCUT2D eigenvalue weighted by atomic mass is 31.0. The highest BCUT2D eigenvalue weighted by molar-refractivity contribution is 7.16. The number of rotatable bonds is 7. The fourth-order valence-corrected chi connectivity index (χ4v) is 3.27. The molecule has 5 atom stereocenters. The van der Waals surface area contributed by atoms with E-state index in [1.165, 1.54) is 31.6 Å². The van der Waals surface area contributed by atoms with Crippen molar-refractivity contribution >= 4 is 18.5 Å².